The molecule has 232 valence electrons. The number of rotatable bonds is 10. The Balaban J connectivity index is 1.01. The van der Waals surface area contributed by atoms with Gasteiger partial charge in [0.2, 0.25) is 5.91 Å². The molecule has 0 unspecified atom stereocenters. The molecule has 0 radical (unpaired) electrons. The molecule has 0 aromatic heterocycles. The zero-order valence-electron chi connectivity index (χ0n) is 25.5. The highest BCUT2D eigenvalue weighted by molar-refractivity contribution is 5.94. The minimum absolute atomic E-state index is 0.0269. The van der Waals surface area contributed by atoms with Crippen LogP contribution in [0.25, 0.3) is 11.1 Å². The first kappa shape index (κ1) is 31.2. The number of carbonyl (C=O) groups excluding carboxylic acids is 3. The number of piperidine rings is 2. The molecule has 9 heteroatoms. The third-order valence-electron chi connectivity index (χ3n) is 8.53. The second kappa shape index (κ2) is 15.5. The summed E-state index contributed by atoms with van der Waals surface area (Å²) in [5, 5.41) is 9.24. The number of nitrogens with one attached hydrogen (secondary N) is 3. The van der Waals surface area contributed by atoms with Gasteiger partial charge in [0.05, 0.1) is 5.69 Å². The molecule has 2 aliphatic heterocycles. The number of carbonyl (C=O) groups is 3. The van der Waals surface area contributed by atoms with Gasteiger partial charge in [-0.15, -0.1) is 0 Å². The lowest BCUT2D eigenvalue weighted by Crippen LogP contribution is -2.42. The lowest BCUT2D eigenvalue weighted by atomic mass is 9.97. The zero-order valence-corrected chi connectivity index (χ0v) is 25.5. The van der Waals surface area contributed by atoms with Gasteiger partial charge >= 0.3 is 6.09 Å². The third kappa shape index (κ3) is 8.67. The van der Waals surface area contributed by atoms with E-state index in [-0.39, 0.29) is 23.8 Å². The summed E-state index contributed by atoms with van der Waals surface area (Å²) in [5.41, 5.74) is 4.32. The van der Waals surface area contributed by atoms with Gasteiger partial charge in [0.1, 0.15) is 6.10 Å². The van der Waals surface area contributed by atoms with Crippen LogP contribution < -0.4 is 16.0 Å². The molecule has 3 amide bonds. The van der Waals surface area contributed by atoms with E-state index in [1.165, 1.54) is 0 Å². The molecule has 2 saturated heterocycles. The van der Waals surface area contributed by atoms with Crippen LogP contribution in [0.2, 0.25) is 0 Å². The normalized spacial score (nSPS) is 16.2. The standard InChI is InChI=1S/C35H43N5O4/c1-39(34(42)29-13-11-26(12-14-29)25-37-33(41)28-15-19-36-20-16-28)23-24-40-21-17-30(18-22-40)44-35(43)38-32-10-6-5-9-31(32)27-7-3-2-4-8-27/h2-14,28,30,36H,15-25H2,1H3,(H,37,41)(H,38,43). The Bertz CT molecular complexity index is 1380. The molecule has 5 rings (SSSR count). The first-order chi connectivity index (χ1) is 21.5. The van der Waals surface area contributed by atoms with Gasteiger partial charge in [0, 0.05) is 56.8 Å². The number of benzene rings is 3. The number of likely N-dealkylation sites (N-methyl/N-ethyl adjacent to an activating group) is 1. The maximum absolute atomic E-state index is 13.0. The lowest BCUT2D eigenvalue weighted by Gasteiger charge is -2.32. The topological polar surface area (TPSA) is 103 Å². The van der Waals surface area contributed by atoms with Crippen molar-refractivity contribution in [2.75, 3.05) is 51.6 Å². The number of para-hydroxylation sites is 1. The van der Waals surface area contributed by atoms with Crippen molar-refractivity contribution in [2.24, 2.45) is 5.92 Å². The molecule has 2 heterocycles. The quantitative estimate of drug-likeness (QED) is 0.312. The molecular weight excluding hydrogens is 554 g/mol. The SMILES string of the molecule is CN(CCN1CCC(OC(=O)Nc2ccccc2-c2ccccc2)CC1)C(=O)c1ccc(CNC(=O)C2CCNCC2)cc1. The summed E-state index contributed by atoms with van der Waals surface area (Å²) in [6, 6.07) is 25.2. The maximum Gasteiger partial charge on any atom is 0.411 e. The summed E-state index contributed by atoms with van der Waals surface area (Å²) in [6.45, 7) is 5.22. The largest absolute Gasteiger partial charge is 0.446 e. The van der Waals surface area contributed by atoms with Gasteiger partial charge in [-0.1, -0.05) is 60.7 Å². The van der Waals surface area contributed by atoms with Crippen molar-refractivity contribution < 1.29 is 19.1 Å². The Kier molecular flexibility index (Phi) is 11.0. The molecule has 2 aliphatic rings. The van der Waals surface area contributed by atoms with E-state index in [9.17, 15) is 14.4 Å². The maximum atomic E-state index is 13.0. The second-order valence-corrected chi connectivity index (χ2v) is 11.6. The van der Waals surface area contributed by atoms with Gasteiger partial charge in [0.15, 0.2) is 0 Å². The molecule has 3 N–H and O–H groups in total. The average molecular weight is 598 g/mol. The van der Waals surface area contributed by atoms with Crippen molar-refractivity contribution in [1.82, 2.24) is 20.4 Å². The van der Waals surface area contributed by atoms with E-state index in [1.807, 2.05) is 85.9 Å². The highest BCUT2D eigenvalue weighted by atomic mass is 16.6. The van der Waals surface area contributed by atoms with Crippen LogP contribution in [0.5, 0.6) is 0 Å². The summed E-state index contributed by atoms with van der Waals surface area (Å²) in [7, 11) is 1.82. The highest BCUT2D eigenvalue weighted by Gasteiger charge is 2.24. The molecule has 9 nitrogen and oxygen atoms in total. The molecule has 0 bridgehead atoms. The Morgan fingerprint density at radius 3 is 2.30 bits per heavy atom. The summed E-state index contributed by atoms with van der Waals surface area (Å²) >= 11 is 0. The lowest BCUT2D eigenvalue weighted by molar-refractivity contribution is -0.125. The van der Waals surface area contributed by atoms with Gasteiger partial charge in [-0.25, -0.2) is 4.79 Å². The van der Waals surface area contributed by atoms with Crippen molar-refractivity contribution in [2.45, 2.75) is 38.3 Å². The van der Waals surface area contributed by atoms with E-state index in [0.29, 0.717) is 18.7 Å². The molecular formula is C35H43N5O4. The Labute approximate surface area is 260 Å². The van der Waals surface area contributed by atoms with Crippen LogP contribution in [-0.2, 0) is 16.1 Å². The fourth-order valence-electron chi connectivity index (χ4n) is 5.80. The van der Waals surface area contributed by atoms with E-state index in [0.717, 1.165) is 80.8 Å². The van der Waals surface area contributed by atoms with E-state index in [4.69, 9.17) is 4.74 Å². The summed E-state index contributed by atoms with van der Waals surface area (Å²) < 4.78 is 5.76. The van der Waals surface area contributed by atoms with Crippen LogP contribution in [0.4, 0.5) is 10.5 Å². The molecule has 0 atom stereocenters. The van der Waals surface area contributed by atoms with E-state index >= 15 is 0 Å². The van der Waals surface area contributed by atoms with Gasteiger partial charge in [-0.2, -0.15) is 0 Å². The molecule has 2 fully saturated rings. The van der Waals surface area contributed by atoms with Crippen LogP contribution in [0.15, 0.2) is 78.9 Å². The van der Waals surface area contributed by atoms with E-state index < -0.39 is 6.09 Å². The van der Waals surface area contributed by atoms with Crippen molar-refractivity contribution in [3.8, 4) is 11.1 Å². The summed E-state index contributed by atoms with van der Waals surface area (Å²) in [4.78, 5) is 42.2. The first-order valence-electron chi connectivity index (χ1n) is 15.6. The second-order valence-electron chi connectivity index (χ2n) is 11.6. The van der Waals surface area contributed by atoms with E-state index in [1.54, 1.807) is 4.90 Å². The van der Waals surface area contributed by atoms with Gasteiger partial charge < -0.3 is 25.2 Å². The minimum atomic E-state index is -0.438. The number of hydrogen-bond donors (Lipinski definition) is 3. The fourth-order valence-corrected chi connectivity index (χ4v) is 5.80. The number of amides is 3. The molecule has 44 heavy (non-hydrogen) atoms. The summed E-state index contributed by atoms with van der Waals surface area (Å²) in [6.07, 6.45) is 2.67. The highest BCUT2D eigenvalue weighted by Crippen LogP contribution is 2.28. The van der Waals surface area contributed by atoms with Crippen LogP contribution in [0.1, 0.15) is 41.6 Å². The van der Waals surface area contributed by atoms with Gasteiger partial charge in [-0.3, -0.25) is 14.9 Å². The van der Waals surface area contributed by atoms with Crippen LogP contribution >= 0.6 is 0 Å². The summed E-state index contributed by atoms with van der Waals surface area (Å²) in [5.74, 6) is 0.160. The monoisotopic (exact) mass is 597 g/mol. The molecule has 3 aromatic rings. The van der Waals surface area contributed by atoms with Crippen LogP contribution in [0, 0.1) is 5.92 Å². The number of anilines is 1. The Morgan fingerprint density at radius 1 is 0.886 bits per heavy atom. The van der Waals surface area contributed by atoms with Crippen molar-refractivity contribution in [3.63, 3.8) is 0 Å². The first-order valence-corrected chi connectivity index (χ1v) is 15.6. The Hall–Kier alpha value is -4.21. The smallest absolute Gasteiger partial charge is 0.411 e. The van der Waals surface area contributed by atoms with Gasteiger partial charge in [-0.05, 0) is 68.1 Å². The molecule has 0 aliphatic carbocycles. The average Bonchev–Trinajstić information content (AvgIpc) is 3.07. The fraction of sp³-hybridized carbons (Fsp3) is 0.400. The number of ether oxygens (including phenoxy) is 1. The number of likely N-dealkylation sites (tertiary alicyclic amines) is 1. The number of hydrogen-bond acceptors (Lipinski definition) is 6. The van der Waals surface area contributed by atoms with Crippen LogP contribution in [0.3, 0.4) is 0 Å². The minimum Gasteiger partial charge on any atom is -0.446 e. The molecule has 3 aromatic carbocycles. The predicted molar refractivity (Wildman–Crippen MR) is 172 cm³/mol. The van der Waals surface area contributed by atoms with Crippen molar-refractivity contribution >= 4 is 23.6 Å². The predicted octanol–water partition coefficient (Wildman–Crippen LogP) is 4.75. The van der Waals surface area contributed by atoms with Gasteiger partial charge in [0.25, 0.3) is 5.91 Å². The van der Waals surface area contributed by atoms with Crippen LogP contribution in [-0.4, -0.2) is 80.1 Å². The zero-order chi connectivity index (χ0) is 30.7. The van der Waals surface area contributed by atoms with Crippen molar-refractivity contribution in [1.29, 1.82) is 0 Å². The molecule has 0 spiro atoms. The van der Waals surface area contributed by atoms with E-state index in [2.05, 4.69) is 20.9 Å². The molecule has 0 saturated carbocycles. The van der Waals surface area contributed by atoms with Crippen molar-refractivity contribution in [3.05, 3.63) is 90.0 Å². The number of nitrogens with zero attached hydrogens (tertiary/aromatic N) is 2. The third-order valence-corrected chi connectivity index (χ3v) is 8.53. The Morgan fingerprint density at radius 2 is 1.57 bits per heavy atom.